The van der Waals surface area contributed by atoms with Crippen molar-refractivity contribution in [2.24, 2.45) is 0 Å². The van der Waals surface area contributed by atoms with Crippen LogP contribution >= 0.6 is 11.6 Å². The quantitative estimate of drug-likeness (QED) is 0.645. The molecule has 0 saturated heterocycles. The molecule has 0 heterocycles. The van der Waals surface area contributed by atoms with Crippen LogP contribution in [0.5, 0.6) is 0 Å². The third-order valence-electron chi connectivity index (χ3n) is 1.79. The van der Waals surface area contributed by atoms with Crippen molar-refractivity contribution < 1.29 is 16.3 Å². The molecule has 14 heavy (non-hydrogen) atoms. The second-order valence-corrected chi connectivity index (χ2v) is 5.64. The fourth-order valence-electron chi connectivity index (χ4n) is 1.22. The summed E-state index contributed by atoms with van der Waals surface area (Å²) in [5.74, 6) is 0.722. The van der Waals surface area contributed by atoms with Crippen LogP contribution < -0.4 is 0 Å². The maximum atomic E-state index is 5.00. The van der Waals surface area contributed by atoms with Gasteiger partial charge in [-0.25, -0.2) is 0 Å². The van der Waals surface area contributed by atoms with Crippen molar-refractivity contribution >= 4 is 11.6 Å². The number of alkyl halides is 1. The van der Waals surface area contributed by atoms with E-state index in [1.54, 1.807) is 8.57 Å². The van der Waals surface area contributed by atoms with Crippen LogP contribution in [0.4, 0.5) is 0 Å². The molecule has 0 aliphatic heterocycles. The summed E-state index contributed by atoms with van der Waals surface area (Å²) >= 11 is 5.36. The fraction of sp³-hybridized carbons (Fsp3) is 0.333. The van der Waals surface area contributed by atoms with E-state index in [0.717, 1.165) is 5.88 Å². The Balaban J connectivity index is 0.000000293. The predicted molar refractivity (Wildman–Crippen MR) is 60.1 cm³/mol. The summed E-state index contributed by atoms with van der Waals surface area (Å²) in [5.41, 5.74) is 0. The molecule has 0 aromatic carbocycles. The Morgan fingerprint density at radius 2 is 1.57 bits per heavy atom. The molecule has 0 atom stereocenters. The molecule has 2 aliphatic rings. The Morgan fingerprint density at radius 1 is 1.14 bits per heavy atom. The average molecular weight is 246 g/mol. The van der Waals surface area contributed by atoms with Gasteiger partial charge in [-0.1, -0.05) is 6.92 Å². The summed E-state index contributed by atoms with van der Waals surface area (Å²) in [6.07, 6.45) is 15.8. The molecular weight excluding hydrogens is 231 g/mol. The predicted octanol–water partition coefficient (Wildman–Crippen LogP) is 4.00. The molecule has 0 N–H and O–H groups in total. The minimum absolute atomic E-state index is 0.358. The van der Waals surface area contributed by atoms with Crippen LogP contribution in [-0.2, 0) is 16.3 Å². The van der Waals surface area contributed by atoms with Crippen molar-refractivity contribution in [1.29, 1.82) is 0 Å². The first-order valence-electron chi connectivity index (χ1n) is 4.86. The van der Waals surface area contributed by atoms with Crippen molar-refractivity contribution in [2.75, 3.05) is 5.88 Å². The minimum Gasteiger partial charge on any atom is -0.127 e. The molecule has 0 spiro atoms. The second-order valence-electron chi connectivity index (χ2n) is 2.96. The van der Waals surface area contributed by atoms with Gasteiger partial charge in [0.25, 0.3) is 0 Å². The van der Waals surface area contributed by atoms with Gasteiger partial charge in [0.15, 0.2) is 0 Å². The summed E-state index contributed by atoms with van der Waals surface area (Å²) in [4.78, 5) is 0. The number of hydrogen-bond donors (Lipinski definition) is 0. The molecule has 0 bridgehead atoms. The van der Waals surface area contributed by atoms with E-state index in [4.69, 9.17) is 11.6 Å². The summed E-state index contributed by atoms with van der Waals surface area (Å²) in [5, 5.41) is 0. The van der Waals surface area contributed by atoms with Gasteiger partial charge in [-0.2, -0.15) is 0 Å². The normalized spacial score (nSPS) is 17.3. The van der Waals surface area contributed by atoms with Crippen LogP contribution in [0, 0.1) is 0 Å². The van der Waals surface area contributed by atoms with Crippen LogP contribution in [0.2, 0.25) is 0 Å². The van der Waals surface area contributed by atoms with Gasteiger partial charge >= 0.3 is 74.2 Å². The molecule has 2 heteroatoms. The van der Waals surface area contributed by atoms with Gasteiger partial charge in [0.1, 0.15) is 0 Å². The van der Waals surface area contributed by atoms with E-state index in [2.05, 4.69) is 36.5 Å². The van der Waals surface area contributed by atoms with Crippen LogP contribution in [0.1, 0.15) is 19.8 Å². The van der Waals surface area contributed by atoms with Crippen LogP contribution in [0.15, 0.2) is 45.0 Å². The van der Waals surface area contributed by atoms with Crippen LogP contribution in [0.25, 0.3) is 0 Å². The summed E-state index contributed by atoms with van der Waals surface area (Å²) in [7, 11) is 0. The van der Waals surface area contributed by atoms with E-state index in [9.17, 15) is 0 Å². The zero-order valence-corrected chi connectivity index (χ0v) is 10.6. The Bertz CT molecular complexity index is 257. The average Bonchev–Trinajstić information content (AvgIpc) is 2.79. The first-order chi connectivity index (χ1) is 6.86. The Hall–Kier alpha value is -0.166. The Labute approximate surface area is 98.5 Å². The molecule has 2 aliphatic carbocycles. The molecule has 0 aromatic heterocycles. The molecule has 0 unspecified atom stereocenters. The van der Waals surface area contributed by atoms with E-state index in [0.29, 0.717) is 16.3 Å². The van der Waals surface area contributed by atoms with E-state index < -0.39 is 0 Å². The number of hydrogen-bond acceptors (Lipinski definition) is 0. The zero-order chi connectivity index (χ0) is 10.2. The number of rotatable bonds is 2. The third kappa shape index (κ3) is 4.37. The Kier molecular flexibility index (Phi) is 6.10. The molecule has 0 fully saturated rings. The summed E-state index contributed by atoms with van der Waals surface area (Å²) < 4.78 is 3.30. The second kappa shape index (κ2) is 7.17. The van der Waals surface area contributed by atoms with Crippen molar-refractivity contribution in [3.63, 3.8) is 0 Å². The van der Waals surface area contributed by atoms with Crippen molar-refractivity contribution in [1.82, 2.24) is 0 Å². The third-order valence-corrected chi connectivity index (χ3v) is 3.72. The molecule has 0 nitrogen and oxygen atoms in total. The van der Waals surface area contributed by atoms with Crippen molar-refractivity contribution in [2.45, 2.75) is 19.8 Å². The molecule has 2 rings (SSSR count). The van der Waals surface area contributed by atoms with Gasteiger partial charge in [-0.3, -0.25) is 0 Å². The van der Waals surface area contributed by atoms with Gasteiger partial charge in [-0.05, 0) is 0 Å². The zero-order valence-electron chi connectivity index (χ0n) is 8.41. The van der Waals surface area contributed by atoms with Crippen LogP contribution in [0.3, 0.4) is 0 Å². The van der Waals surface area contributed by atoms with Crippen LogP contribution in [-0.4, -0.2) is 5.88 Å². The van der Waals surface area contributed by atoms with Gasteiger partial charge in [0.05, 0.1) is 0 Å². The minimum atomic E-state index is 0.358. The van der Waals surface area contributed by atoms with E-state index in [-0.39, 0.29) is 0 Å². The molecule has 0 aromatic rings. The topological polar surface area (TPSA) is 0 Å². The van der Waals surface area contributed by atoms with E-state index >= 15 is 0 Å². The first kappa shape index (κ1) is 11.9. The number of halogens is 1. The summed E-state index contributed by atoms with van der Waals surface area (Å²) in [6, 6.07) is 0. The smallest absolute Gasteiger partial charge is 0.0195 e. The molecular formula is C12H15ClV. The van der Waals surface area contributed by atoms with Gasteiger partial charge < -0.3 is 0 Å². The largest absolute Gasteiger partial charge is 0.127 e. The number of allylic oxidation sites excluding steroid dienone is 8. The monoisotopic (exact) mass is 245 g/mol. The maximum absolute atomic E-state index is 5.00. The van der Waals surface area contributed by atoms with Crippen molar-refractivity contribution in [3.8, 4) is 0 Å². The standard InChI is InChI=1S/2C5H5.C2H5Cl.V/c2*1-2-4-5-3-1;1-2-3;/h2*1-3H,4H2;2H2,1H3;. The van der Waals surface area contributed by atoms with Crippen molar-refractivity contribution in [3.05, 3.63) is 45.0 Å². The van der Waals surface area contributed by atoms with E-state index in [1.165, 1.54) is 12.8 Å². The van der Waals surface area contributed by atoms with E-state index in [1.807, 2.05) is 6.92 Å². The van der Waals surface area contributed by atoms with Gasteiger partial charge in [-0.15, -0.1) is 11.6 Å². The molecule has 0 saturated carbocycles. The molecule has 0 radical (unpaired) electrons. The Morgan fingerprint density at radius 3 is 1.86 bits per heavy atom. The first-order valence-corrected chi connectivity index (χ1v) is 6.79. The molecule has 0 amide bonds. The summed E-state index contributed by atoms with van der Waals surface area (Å²) in [6.45, 7) is 1.89. The van der Waals surface area contributed by atoms with Gasteiger partial charge in [0.2, 0.25) is 0 Å². The fourth-order valence-corrected chi connectivity index (χ4v) is 2.91. The molecule has 75 valence electrons. The SMILES string of the molecule is C1=CC[C]([V][C]2=CC=CC2)=C1.CCCl. The van der Waals surface area contributed by atoms with Gasteiger partial charge in [0, 0.05) is 5.88 Å². The maximum Gasteiger partial charge on any atom is 0.0195 e.